The van der Waals surface area contributed by atoms with E-state index >= 15 is 0 Å². The van der Waals surface area contributed by atoms with Gasteiger partial charge in [0.25, 0.3) is 0 Å². The second-order valence-corrected chi connectivity index (χ2v) is 15.0. The van der Waals surface area contributed by atoms with Gasteiger partial charge in [-0.1, -0.05) is 127 Å². The highest BCUT2D eigenvalue weighted by Gasteiger charge is 2.52. The molecule has 0 atom stereocenters. The molecule has 0 bridgehead atoms. The number of benzene rings is 8. The zero-order valence-corrected chi connectivity index (χ0v) is 28.8. The number of thiophene rings is 1. The summed E-state index contributed by atoms with van der Waals surface area (Å²) in [6, 6.07) is 64.6. The minimum atomic E-state index is -0.418. The number of fused-ring (bicyclic) bond motifs is 17. The van der Waals surface area contributed by atoms with Gasteiger partial charge in [-0.15, -0.1) is 11.3 Å². The Morgan fingerprint density at radius 2 is 1.02 bits per heavy atom. The van der Waals surface area contributed by atoms with Gasteiger partial charge in [0.1, 0.15) is 11.2 Å². The van der Waals surface area contributed by atoms with Crippen molar-refractivity contribution in [3.63, 3.8) is 0 Å². The van der Waals surface area contributed by atoms with E-state index in [1.54, 1.807) is 0 Å². The minimum Gasteiger partial charge on any atom is -0.455 e. The Morgan fingerprint density at radius 3 is 1.81 bits per heavy atom. The molecule has 10 aromatic rings. The lowest BCUT2D eigenvalue weighted by atomic mass is 9.70. The number of rotatable bonds is 3. The van der Waals surface area contributed by atoms with Crippen LogP contribution in [0.25, 0.3) is 64.4 Å². The second-order valence-electron chi connectivity index (χ2n) is 13.9. The smallest absolute Gasteiger partial charge is 0.144 e. The van der Waals surface area contributed by atoms with Gasteiger partial charge in [0.15, 0.2) is 0 Å². The summed E-state index contributed by atoms with van der Waals surface area (Å²) in [5.41, 5.74) is 15.4. The van der Waals surface area contributed by atoms with Crippen LogP contribution in [0.5, 0.6) is 0 Å². The SMILES string of the molecule is c1ccc(N(c2cccc3c2-c2ccccc2C32c3ccccc3-c3ccccc32)c2cccc3sc4ccc5c6ccccc6oc5c4c23)cc1. The van der Waals surface area contributed by atoms with Gasteiger partial charge in [-0.25, -0.2) is 0 Å². The van der Waals surface area contributed by atoms with Crippen molar-refractivity contribution in [3.8, 4) is 22.3 Å². The van der Waals surface area contributed by atoms with Gasteiger partial charge in [-0.3, -0.25) is 0 Å². The fraction of sp³-hybridized carbons (Fsp3) is 0.0204. The third-order valence-corrected chi connectivity index (χ3v) is 12.6. The molecular weight excluding hydrogens is 651 g/mol. The standard InChI is InChI=1S/C49H29NOS/c1-2-14-30(15-3-1)50(41-25-13-27-43-46(41)47-44(52-43)29-28-34-33-18-7-11-26-42(33)51-48(34)47)40-24-12-23-39-45(40)35-19-6-10-22-38(35)49(39)36-20-8-4-16-31(36)32-17-5-9-21-37(32)49/h1-29H. The summed E-state index contributed by atoms with van der Waals surface area (Å²) >= 11 is 1.84. The Bertz CT molecular complexity index is 3050. The molecule has 242 valence electrons. The molecule has 0 saturated heterocycles. The van der Waals surface area contributed by atoms with Gasteiger partial charge >= 0.3 is 0 Å². The van der Waals surface area contributed by atoms with Crippen LogP contribution in [0.3, 0.4) is 0 Å². The lowest BCUT2D eigenvalue weighted by Gasteiger charge is -2.32. The molecule has 3 heteroatoms. The summed E-state index contributed by atoms with van der Waals surface area (Å²) in [4.78, 5) is 2.50. The van der Waals surface area contributed by atoms with E-state index in [4.69, 9.17) is 4.42 Å². The van der Waals surface area contributed by atoms with E-state index < -0.39 is 5.41 Å². The first-order valence-corrected chi connectivity index (χ1v) is 18.7. The third kappa shape index (κ3) is 3.48. The monoisotopic (exact) mass is 679 g/mol. The average Bonchev–Trinajstić information content (AvgIpc) is 3.94. The molecule has 0 N–H and O–H groups in total. The number of para-hydroxylation sites is 2. The molecule has 2 aliphatic carbocycles. The highest BCUT2D eigenvalue weighted by molar-refractivity contribution is 7.26. The predicted octanol–water partition coefficient (Wildman–Crippen LogP) is 13.8. The normalized spacial score (nSPS) is 13.5. The van der Waals surface area contributed by atoms with Crippen LogP contribution in [0.1, 0.15) is 22.3 Å². The predicted molar refractivity (Wildman–Crippen MR) is 218 cm³/mol. The summed E-state index contributed by atoms with van der Waals surface area (Å²) in [5.74, 6) is 0. The van der Waals surface area contributed by atoms with Crippen LogP contribution in [0.15, 0.2) is 180 Å². The summed E-state index contributed by atoms with van der Waals surface area (Å²) in [5, 5.41) is 4.69. The maximum atomic E-state index is 6.72. The Kier molecular flexibility index (Phi) is 5.62. The van der Waals surface area contributed by atoms with E-state index in [0.29, 0.717) is 0 Å². The van der Waals surface area contributed by atoms with Crippen molar-refractivity contribution in [2.45, 2.75) is 5.41 Å². The summed E-state index contributed by atoms with van der Waals surface area (Å²) < 4.78 is 9.18. The molecule has 0 amide bonds. The van der Waals surface area contributed by atoms with E-state index in [0.717, 1.165) is 33.3 Å². The van der Waals surface area contributed by atoms with Crippen LogP contribution in [-0.2, 0) is 5.41 Å². The van der Waals surface area contributed by atoms with E-state index in [9.17, 15) is 0 Å². The highest BCUT2D eigenvalue weighted by Crippen LogP contribution is 2.65. The molecule has 12 rings (SSSR count). The van der Waals surface area contributed by atoms with E-state index in [-0.39, 0.29) is 0 Å². The molecule has 2 aromatic heterocycles. The van der Waals surface area contributed by atoms with Gasteiger partial charge in [0, 0.05) is 42.2 Å². The Hall–Kier alpha value is -6.42. The Labute approximate surface area is 304 Å². The van der Waals surface area contributed by atoms with Crippen molar-refractivity contribution in [1.29, 1.82) is 0 Å². The number of hydrogen-bond donors (Lipinski definition) is 0. The van der Waals surface area contributed by atoms with E-state index in [2.05, 4.69) is 181 Å². The largest absolute Gasteiger partial charge is 0.455 e. The van der Waals surface area contributed by atoms with Crippen molar-refractivity contribution in [2.24, 2.45) is 0 Å². The van der Waals surface area contributed by atoms with Gasteiger partial charge in [0.2, 0.25) is 0 Å². The fourth-order valence-electron chi connectivity index (χ4n) is 9.55. The van der Waals surface area contributed by atoms with Crippen molar-refractivity contribution >= 4 is 70.5 Å². The molecule has 0 aliphatic heterocycles. The van der Waals surface area contributed by atoms with Crippen LogP contribution >= 0.6 is 11.3 Å². The summed E-state index contributed by atoms with van der Waals surface area (Å²) in [7, 11) is 0. The first kappa shape index (κ1) is 28.3. The first-order valence-electron chi connectivity index (χ1n) is 17.9. The van der Waals surface area contributed by atoms with E-state index in [1.807, 2.05) is 11.3 Å². The second kappa shape index (κ2) is 10.3. The molecule has 0 unspecified atom stereocenters. The summed E-state index contributed by atoms with van der Waals surface area (Å²) in [6.45, 7) is 0. The zero-order chi connectivity index (χ0) is 34.0. The maximum absolute atomic E-state index is 6.72. The lowest BCUT2D eigenvalue weighted by molar-refractivity contribution is 0.673. The molecule has 2 heterocycles. The van der Waals surface area contributed by atoms with Crippen molar-refractivity contribution < 1.29 is 4.42 Å². The maximum Gasteiger partial charge on any atom is 0.144 e. The van der Waals surface area contributed by atoms with Crippen LogP contribution in [0, 0.1) is 0 Å². The van der Waals surface area contributed by atoms with Crippen molar-refractivity contribution in [1.82, 2.24) is 0 Å². The van der Waals surface area contributed by atoms with Gasteiger partial charge in [-0.05, 0) is 87.5 Å². The zero-order valence-electron chi connectivity index (χ0n) is 28.0. The quantitative estimate of drug-likeness (QED) is 0.185. The average molecular weight is 680 g/mol. The molecule has 0 saturated carbocycles. The topological polar surface area (TPSA) is 16.4 Å². The third-order valence-electron chi connectivity index (χ3n) is 11.5. The molecule has 0 fully saturated rings. The van der Waals surface area contributed by atoms with Crippen molar-refractivity contribution in [3.05, 3.63) is 198 Å². The number of hydrogen-bond acceptors (Lipinski definition) is 3. The fourth-order valence-corrected chi connectivity index (χ4v) is 10.7. The molecule has 8 aromatic carbocycles. The van der Waals surface area contributed by atoms with Gasteiger partial charge < -0.3 is 9.32 Å². The Balaban J connectivity index is 1.21. The van der Waals surface area contributed by atoms with Crippen LogP contribution < -0.4 is 4.90 Å². The van der Waals surface area contributed by atoms with Crippen LogP contribution in [0.2, 0.25) is 0 Å². The number of nitrogens with zero attached hydrogens (tertiary/aromatic N) is 1. The van der Waals surface area contributed by atoms with Crippen LogP contribution in [0.4, 0.5) is 17.1 Å². The molecule has 2 aliphatic rings. The molecule has 2 nitrogen and oxygen atoms in total. The lowest BCUT2D eigenvalue weighted by Crippen LogP contribution is -2.26. The van der Waals surface area contributed by atoms with E-state index in [1.165, 1.54) is 70.4 Å². The van der Waals surface area contributed by atoms with Gasteiger partial charge in [-0.2, -0.15) is 0 Å². The number of furan rings is 1. The Morgan fingerprint density at radius 1 is 0.423 bits per heavy atom. The molecular formula is C49H29NOS. The molecule has 52 heavy (non-hydrogen) atoms. The minimum absolute atomic E-state index is 0.418. The number of anilines is 3. The summed E-state index contributed by atoms with van der Waals surface area (Å²) in [6.07, 6.45) is 0. The van der Waals surface area contributed by atoms with Crippen LogP contribution in [-0.4, -0.2) is 0 Å². The first-order chi connectivity index (χ1) is 25.8. The molecule has 1 spiro atoms. The van der Waals surface area contributed by atoms with Gasteiger partial charge in [0.05, 0.1) is 16.8 Å². The highest BCUT2D eigenvalue weighted by atomic mass is 32.1. The van der Waals surface area contributed by atoms with Crippen molar-refractivity contribution in [2.75, 3.05) is 4.90 Å². The molecule has 0 radical (unpaired) electrons.